The van der Waals surface area contributed by atoms with E-state index in [1.165, 1.54) is 0 Å². The van der Waals surface area contributed by atoms with Crippen molar-refractivity contribution < 1.29 is 5.11 Å². The Morgan fingerprint density at radius 3 is 2.65 bits per heavy atom. The molecule has 0 aliphatic heterocycles. The normalized spacial score (nSPS) is 11.2. The maximum absolute atomic E-state index is 11.7. The molecule has 0 bridgehead atoms. The third kappa shape index (κ3) is 2.11. The first-order valence-electron chi connectivity index (χ1n) is 5.61. The van der Waals surface area contributed by atoms with E-state index in [4.69, 9.17) is 5.11 Å². The Hall–Kier alpha value is -1.59. The van der Waals surface area contributed by atoms with Gasteiger partial charge in [-0.15, -0.1) is 0 Å². The lowest BCUT2D eigenvalue weighted by Crippen LogP contribution is -2.19. The first kappa shape index (κ1) is 11.9. The second-order valence-corrected chi connectivity index (χ2v) is 4.12. The Balaban J connectivity index is 2.37. The molecule has 0 aliphatic rings. The summed E-state index contributed by atoms with van der Waals surface area (Å²) in [7, 11) is 3.55. The molecule has 2 aromatic rings. The number of aryl methyl sites for hydroxylation is 2. The van der Waals surface area contributed by atoms with Crippen LogP contribution >= 0.6 is 0 Å². The quantitative estimate of drug-likeness (QED) is 0.731. The van der Waals surface area contributed by atoms with Crippen LogP contribution in [0.3, 0.4) is 0 Å². The maximum atomic E-state index is 11.7. The van der Waals surface area contributed by atoms with Crippen molar-refractivity contribution >= 4 is 11.0 Å². The van der Waals surface area contributed by atoms with Crippen LogP contribution in [-0.2, 0) is 20.6 Å². The van der Waals surface area contributed by atoms with E-state index >= 15 is 0 Å². The minimum atomic E-state index is -0.0135. The van der Waals surface area contributed by atoms with Gasteiger partial charge in [0.1, 0.15) is 0 Å². The Kier molecular flexibility index (Phi) is 3.31. The Labute approximate surface area is 99.3 Å². The Morgan fingerprint density at radius 2 is 1.94 bits per heavy atom. The summed E-state index contributed by atoms with van der Waals surface area (Å²) in [4.78, 5) is 11.7. The molecule has 0 spiro atoms. The van der Waals surface area contributed by atoms with E-state index in [1.807, 2.05) is 18.2 Å². The van der Waals surface area contributed by atoms with E-state index < -0.39 is 0 Å². The van der Waals surface area contributed by atoms with Crippen molar-refractivity contribution in [2.75, 3.05) is 13.2 Å². The van der Waals surface area contributed by atoms with Gasteiger partial charge in [-0.05, 0) is 17.7 Å². The molecule has 5 heteroatoms. The molecule has 0 fully saturated rings. The molecule has 1 heterocycles. The summed E-state index contributed by atoms with van der Waals surface area (Å²) in [5.41, 5.74) is 2.96. The molecular weight excluding hydrogens is 218 g/mol. The average Bonchev–Trinajstić information content (AvgIpc) is 2.55. The lowest BCUT2D eigenvalue weighted by Gasteiger charge is -2.04. The first-order valence-corrected chi connectivity index (χ1v) is 5.61. The summed E-state index contributed by atoms with van der Waals surface area (Å²) in [5.74, 6) is 0. The van der Waals surface area contributed by atoms with Gasteiger partial charge in [0, 0.05) is 27.2 Å². The predicted molar refractivity (Wildman–Crippen MR) is 67.0 cm³/mol. The summed E-state index contributed by atoms with van der Waals surface area (Å²) < 4.78 is 3.28. The summed E-state index contributed by atoms with van der Waals surface area (Å²) in [6.07, 6.45) is 0. The van der Waals surface area contributed by atoms with Gasteiger partial charge in [-0.2, -0.15) is 0 Å². The van der Waals surface area contributed by atoms with Gasteiger partial charge in [-0.25, -0.2) is 4.79 Å². The van der Waals surface area contributed by atoms with Crippen LogP contribution in [0.15, 0.2) is 23.0 Å². The van der Waals surface area contributed by atoms with E-state index in [0.717, 1.165) is 16.6 Å². The number of aromatic nitrogens is 2. The third-order valence-corrected chi connectivity index (χ3v) is 2.95. The third-order valence-electron chi connectivity index (χ3n) is 2.95. The number of aliphatic hydroxyl groups is 1. The number of hydrogen-bond donors (Lipinski definition) is 2. The minimum Gasteiger partial charge on any atom is -0.395 e. The molecule has 0 radical (unpaired) electrons. The average molecular weight is 235 g/mol. The van der Waals surface area contributed by atoms with E-state index in [1.54, 1.807) is 23.2 Å². The van der Waals surface area contributed by atoms with Crippen LogP contribution in [0.1, 0.15) is 5.56 Å². The zero-order valence-electron chi connectivity index (χ0n) is 10.1. The van der Waals surface area contributed by atoms with Crippen molar-refractivity contribution in [3.05, 3.63) is 34.2 Å². The lowest BCUT2D eigenvalue weighted by atomic mass is 10.2. The zero-order valence-corrected chi connectivity index (χ0v) is 10.1. The van der Waals surface area contributed by atoms with Gasteiger partial charge in [0.2, 0.25) is 0 Å². The molecule has 0 unspecified atom stereocenters. The topological polar surface area (TPSA) is 59.2 Å². The van der Waals surface area contributed by atoms with E-state index in [0.29, 0.717) is 13.1 Å². The summed E-state index contributed by atoms with van der Waals surface area (Å²) >= 11 is 0. The highest BCUT2D eigenvalue weighted by Gasteiger charge is 2.07. The highest BCUT2D eigenvalue weighted by molar-refractivity contribution is 5.76. The van der Waals surface area contributed by atoms with Gasteiger partial charge >= 0.3 is 5.69 Å². The second-order valence-electron chi connectivity index (χ2n) is 4.12. The largest absolute Gasteiger partial charge is 0.395 e. The zero-order chi connectivity index (χ0) is 12.4. The van der Waals surface area contributed by atoms with E-state index in [9.17, 15) is 4.79 Å². The minimum absolute atomic E-state index is 0.0135. The lowest BCUT2D eigenvalue weighted by molar-refractivity contribution is 0.292. The van der Waals surface area contributed by atoms with Crippen LogP contribution in [0, 0.1) is 0 Å². The molecule has 92 valence electrons. The summed E-state index contributed by atoms with van der Waals surface area (Å²) in [5, 5.41) is 11.8. The number of benzene rings is 1. The molecule has 2 rings (SSSR count). The van der Waals surface area contributed by atoms with Crippen LogP contribution in [-0.4, -0.2) is 27.4 Å². The smallest absolute Gasteiger partial charge is 0.328 e. The molecule has 17 heavy (non-hydrogen) atoms. The van der Waals surface area contributed by atoms with Crippen molar-refractivity contribution in [1.82, 2.24) is 14.5 Å². The van der Waals surface area contributed by atoms with Gasteiger partial charge in [-0.1, -0.05) is 6.07 Å². The second kappa shape index (κ2) is 4.73. The molecule has 0 saturated heterocycles. The van der Waals surface area contributed by atoms with Gasteiger partial charge in [-0.3, -0.25) is 9.13 Å². The molecule has 1 aromatic heterocycles. The summed E-state index contributed by atoms with van der Waals surface area (Å²) in [6.45, 7) is 1.40. The summed E-state index contributed by atoms with van der Waals surface area (Å²) in [6, 6.07) is 5.94. The maximum Gasteiger partial charge on any atom is 0.328 e. The number of nitrogens with zero attached hydrogens (tertiary/aromatic N) is 2. The molecule has 0 atom stereocenters. The van der Waals surface area contributed by atoms with Crippen LogP contribution < -0.4 is 11.0 Å². The van der Waals surface area contributed by atoms with Crippen LogP contribution in [0.5, 0.6) is 0 Å². The number of rotatable bonds is 4. The van der Waals surface area contributed by atoms with Crippen molar-refractivity contribution in [1.29, 1.82) is 0 Å². The van der Waals surface area contributed by atoms with Gasteiger partial charge in [0.25, 0.3) is 0 Å². The fraction of sp³-hybridized carbons (Fsp3) is 0.417. The van der Waals surface area contributed by atoms with Crippen LogP contribution in [0.25, 0.3) is 11.0 Å². The SMILES string of the molecule is Cn1c(=O)n(C)c2cc(CNCCO)ccc21. The molecule has 2 N–H and O–H groups in total. The Bertz CT molecular complexity index is 583. The number of aliphatic hydroxyl groups excluding tert-OH is 1. The monoisotopic (exact) mass is 235 g/mol. The van der Waals surface area contributed by atoms with Crippen LogP contribution in [0.2, 0.25) is 0 Å². The standard InChI is InChI=1S/C12H17N3O2/c1-14-10-4-3-9(8-13-5-6-16)7-11(10)15(2)12(14)17/h3-4,7,13,16H,5-6,8H2,1-2H3. The number of nitrogens with one attached hydrogen (secondary N) is 1. The first-order chi connectivity index (χ1) is 8.15. The molecule has 0 aliphatic carbocycles. The van der Waals surface area contributed by atoms with Crippen LogP contribution in [0.4, 0.5) is 0 Å². The molecule has 0 amide bonds. The molecular formula is C12H17N3O2. The van der Waals surface area contributed by atoms with Crippen molar-refractivity contribution in [3.8, 4) is 0 Å². The van der Waals surface area contributed by atoms with Crippen molar-refractivity contribution in [2.24, 2.45) is 14.1 Å². The van der Waals surface area contributed by atoms with Crippen molar-refractivity contribution in [2.45, 2.75) is 6.54 Å². The molecule has 0 saturated carbocycles. The number of imidazole rings is 1. The van der Waals surface area contributed by atoms with Gasteiger partial charge in [0.15, 0.2) is 0 Å². The number of hydrogen-bond acceptors (Lipinski definition) is 3. The predicted octanol–water partition coefficient (Wildman–Crippen LogP) is -0.0411. The Morgan fingerprint density at radius 1 is 1.24 bits per heavy atom. The number of fused-ring (bicyclic) bond motifs is 1. The van der Waals surface area contributed by atoms with Gasteiger partial charge in [0.05, 0.1) is 17.6 Å². The fourth-order valence-corrected chi connectivity index (χ4v) is 1.97. The highest BCUT2D eigenvalue weighted by Crippen LogP contribution is 2.13. The molecule has 5 nitrogen and oxygen atoms in total. The molecule has 1 aromatic carbocycles. The van der Waals surface area contributed by atoms with Crippen molar-refractivity contribution in [3.63, 3.8) is 0 Å². The fourth-order valence-electron chi connectivity index (χ4n) is 1.97. The van der Waals surface area contributed by atoms with Gasteiger partial charge < -0.3 is 10.4 Å². The van der Waals surface area contributed by atoms with E-state index in [-0.39, 0.29) is 12.3 Å². The highest BCUT2D eigenvalue weighted by atomic mass is 16.3. The van der Waals surface area contributed by atoms with E-state index in [2.05, 4.69) is 5.32 Å².